The number of hydrogen-bond donors (Lipinski definition) is 0. The van der Waals surface area contributed by atoms with Crippen molar-refractivity contribution in [1.29, 1.82) is 0 Å². The van der Waals surface area contributed by atoms with Crippen LogP contribution in [0.3, 0.4) is 0 Å². The Kier molecular flexibility index (Phi) is 7.22. The van der Waals surface area contributed by atoms with Crippen molar-refractivity contribution in [3.8, 4) is 11.5 Å². The Bertz CT molecular complexity index is 581. The van der Waals surface area contributed by atoms with E-state index in [1.165, 1.54) is 19.2 Å². The van der Waals surface area contributed by atoms with E-state index in [2.05, 4.69) is 4.98 Å². The summed E-state index contributed by atoms with van der Waals surface area (Å²) in [5.74, 6) is -0.0504. The Balaban J connectivity index is 0.00000220. The summed E-state index contributed by atoms with van der Waals surface area (Å²) in [7, 11) is 1.32. The molecule has 3 nitrogen and oxygen atoms in total. The van der Waals surface area contributed by atoms with Gasteiger partial charge in [-0.1, -0.05) is 5.46 Å². The molecule has 0 saturated heterocycles. The van der Waals surface area contributed by atoms with Crippen LogP contribution in [-0.4, -0.2) is 19.1 Å². The molecule has 0 aliphatic carbocycles. The van der Waals surface area contributed by atoms with E-state index in [0.29, 0.717) is 0 Å². The van der Waals surface area contributed by atoms with Gasteiger partial charge in [0.15, 0.2) is 0 Å². The predicted molar refractivity (Wildman–Crippen MR) is 70.3 cm³/mol. The van der Waals surface area contributed by atoms with Gasteiger partial charge in [0.2, 0.25) is 0 Å². The van der Waals surface area contributed by atoms with E-state index in [-0.39, 0.29) is 69.5 Å². The van der Waals surface area contributed by atoms with Gasteiger partial charge in [0, 0.05) is 12.4 Å². The van der Waals surface area contributed by atoms with E-state index in [1.54, 1.807) is 24.5 Å². The van der Waals surface area contributed by atoms with Gasteiger partial charge in [0.1, 0.15) is 12.4 Å². The number of rotatable bonds is 5. The minimum absolute atomic E-state index is 0. The molecule has 1 aromatic heterocycles. The first-order valence-electron chi connectivity index (χ1n) is 5.90. The van der Waals surface area contributed by atoms with Crippen LogP contribution >= 0.6 is 0 Å². The van der Waals surface area contributed by atoms with E-state index in [9.17, 15) is 12.9 Å². The van der Waals surface area contributed by atoms with Crippen molar-refractivity contribution in [2.24, 2.45) is 0 Å². The van der Waals surface area contributed by atoms with Crippen LogP contribution in [0.2, 0.25) is 0 Å². The van der Waals surface area contributed by atoms with E-state index in [1.807, 2.05) is 0 Å². The predicted octanol–water partition coefficient (Wildman–Crippen LogP) is -0.272. The molecule has 0 radical (unpaired) electrons. The Morgan fingerprint density at radius 3 is 2.33 bits per heavy atom. The van der Waals surface area contributed by atoms with Crippen LogP contribution in [-0.2, 0) is 6.61 Å². The van der Waals surface area contributed by atoms with E-state index < -0.39 is 12.4 Å². The molecule has 0 amide bonds. The third-order valence-electron chi connectivity index (χ3n) is 2.71. The topological polar surface area (TPSA) is 31.4 Å². The summed E-state index contributed by atoms with van der Waals surface area (Å²) in [5, 5.41) is 0. The van der Waals surface area contributed by atoms with Crippen LogP contribution < -0.4 is 66.3 Å². The minimum atomic E-state index is -5.17. The van der Waals surface area contributed by atoms with Crippen molar-refractivity contribution in [1.82, 2.24) is 4.98 Å². The van der Waals surface area contributed by atoms with Gasteiger partial charge in [-0.05, 0) is 35.9 Å². The van der Waals surface area contributed by atoms with Gasteiger partial charge in [-0.3, -0.25) is 4.98 Å². The maximum absolute atomic E-state index is 13.0. The molecule has 0 N–H and O–H groups in total. The van der Waals surface area contributed by atoms with Crippen LogP contribution in [0.1, 0.15) is 5.56 Å². The van der Waals surface area contributed by atoms with Crippen LogP contribution in [0.25, 0.3) is 0 Å². The normalized spacial score (nSPS) is 10.7. The summed E-state index contributed by atoms with van der Waals surface area (Å²) in [6.07, 6.45) is 3.11. The largest absolute Gasteiger partial charge is 1.00 e. The van der Waals surface area contributed by atoms with Crippen molar-refractivity contribution < 1.29 is 73.8 Å². The summed E-state index contributed by atoms with van der Waals surface area (Å²) >= 11 is 0. The van der Waals surface area contributed by atoms with Gasteiger partial charge in [-0.25, -0.2) is 0 Å². The van der Waals surface area contributed by atoms with Crippen LogP contribution in [0.4, 0.5) is 12.9 Å². The average molecular weight is 321 g/mol. The van der Waals surface area contributed by atoms with Crippen LogP contribution in [0.15, 0.2) is 42.7 Å². The Morgan fingerprint density at radius 2 is 1.76 bits per heavy atom. The molecule has 0 bridgehead atoms. The molecule has 0 aliphatic rings. The molecular weight excluding hydrogens is 309 g/mol. The first-order valence-corrected chi connectivity index (χ1v) is 5.90. The smallest absolute Gasteiger partial charge is 0.497 e. The minimum Gasteiger partial charge on any atom is -0.497 e. The molecule has 0 unspecified atom stereocenters. The second-order valence-corrected chi connectivity index (χ2v) is 4.12. The Morgan fingerprint density at radius 1 is 1.10 bits per heavy atom. The first-order chi connectivity index (χ1) is 9.50. The van der Waals surface area contributed by atoms with Crippen molar-refractivity contribution in [3.63, 3.8) is 0 Å². The molecule has 2 rings (SSSR count). The van der Waals surface area contributed by atoms with Gasteiger partial charge in [0.05, 0.1) is 12.9 Å². The number of pyridine rings is 1. The number of ether oxygens (including phenoxy) is 2. The summed E-state index contributed by atoms with van der Waals surface area (Å²) in [4.78, 5) is 3.83. The van der Waals surface area contributed by atoms with E-state index in [0.717, 1.165) is 11.6 Å². The quantitative estimate of drug-likeness (QED) is 0.711. The molecule has 0 fully saturated rings. The van der Waals surface area contributed by atoms with Crippen LogP contribution in [0.5, 0.6) is 11.5 Å². The van der Waals surface area contributed by atoms with E-state index >= 15 is 0 Å². The van der Waals surface area contributed by atoms with Crippen molar-refractivity contribution >= 4 is 12.4 Å². The number of halogens is 3. The monoisotopic (exact) mass is 321 g/mol. The van der Waals surface area contributed by atoms with Gasteiger partial charge in [0.25, 0.3) is 0 Å². The number of benzene rings is 1. The SMILES string of the molecule is COc1ccc(OCc2ccncc2)c([B-](F)(F)F)c1.[K+]. The molecule has 0 saturated carbocycles. The molecule has 0 aliphatic heterocycles. The second-order valence-electron chi connectivity index (χ2n) is 4.12. The molecule has 1 aromatic carbocycles. The summed E-state index contributed by atoms with van der Waals surface area (Å²) in [6, 6.07) is 7.02. The molecular formula is C13H12BF3KNO2. The van der Waals surface area contributed by atoms with Crippen LogP contribution in [0, 0.1) is 0 Å². The fourth-order valence-electron chi connectivity index (χ4n) is 1.68. The summed E-state index contributed by atoms with van der Waals surface area (Å²) < 4.78 is 49.1. The zero-order chi connectivity index (χ0) is 14.6. The second kappa shape index (κ2) is 8.19. The first kappa shape index (κ1) is 18.5. The van der Waals surface area contributed by atoms with Crippen molar-refractivity contribution in [3.05, 3.63) is 48.3 Å². The Hall–Kier alpha value is -0.539. The Labute approximate surface area is 163 Å². The molecule has 2 aromatic rings. The third-order valence-corrected chi connectivity index (χ3v) is 2.71. The molecule has 1 heterocycles. The standard InChI is InChI=1S/C13H12BF3NO2.K/c1-19-11-2-3-13(12(8-11)14(15,16)17)20-9-10-4-6-18-7-5-10;/h2-8H,9H2,1H3;/q-1;+1. The summed E-state index contributed by atoms with van der Waals surface area (Å²) in [5.41, 5.74) is -0.0464. The van der Waals surface area contributed by atoms with Gasteiger partial charge < -0.3 is 22.4 Å². The number of methoxy groups -OCH3 is 1. The molecule has 21 heavy (non-hydrogen) atoms. The molecule has 106 valence electrons. The average Bonchev–Trinajstić information content (AvgIpc) is 2.45. The number of aromatic nitrogens is 1. The zero-order valence-electron chi connectivity index (χ0n) is 11.7. The van der Waals surface area contributed by atoms with E-state index in [4.69, 9.17) is 9.47 Å². The maximum Gasteiger partial charge on any atom is 1.00 e. The summed E-state index contributed by atoms with van der Waals surface area (Å²) in [6.45, 7) is -5.12. The van der Waals surface area contributed by atoms with Gasteiger partial charge in [-0.15, -0.1) is 0 Å². The van der Waals surface area contributed by atoms with Gasteiger partial charge >= 0.3 is 58.4 Å². The number of hydrogen-bond acceptors (Lipinski definition) is 3. The molecule has 0 spiro atoms. The van der Waals surface area contributed by atoms with Gasteiger partial charge in [-0.2, -0.15) is 0 Å². The number of nitrogens with zero attached hydrogens (tertiary/aromatic N) is 1. The zero-order valence-corrected chi connectivity index (χ0v) is 14.8. The van der Waals surface area contributed by atoms with Crippen molar-refractivity contribution in [2.45, 2.75) is 6.61 Å². The fourth-order valence-corrected chi connectivity index (χ4v) is 1.68. The fraction of sp³-hybridized carbons (Fsp3) is 0.154. The van der Waals surface area contributed by atoms with Crippen molar-refractivity contribution in [2.75, 3.05) is 7.11 Å². The molecule has 0 atom stereocenters. The maximum atomic E-state index is 13.0. The molecule has 8 heteroatoms. The third kappa shape index (κ3) is 5.30.